The van der Waals surface area contributed by atoms with Crippen molar-refractivity contribution in [3.8, 4) is 0 Å². The largest absolute Gasteiger partial charge is 0.378 e. The monoisotopic (exact) mass is 249 g/mol. The average Bonchev–Trinajstić information content (AvgIpc) is 2.28. The molecule has 18 heavy (non-hydrogen) atoms. The summed E-state index contributed by atoms with van der Waals surface area (Å²) in [4.78, 5) is 2.11. The van der Waals surface area contributed by atoms with Gasteiger partial charge in [-0.15, -0.1) is 0 Å². The molecule has 0 aromatic heterocycles. The first-order valence-electron chi connectivity index (χ1n) is 6.57. The lowest BCUT2D eigenvalue weighted by Gasteiger charge is -2.24. The van der Waals surface area contributed by atoms with Gasteiger partial charge in [-0.3, -0.25) is 11.3 Å². The van der Waals surface area contributed by atoms with Crippen LogP contribution in [0.25, 0.3) is 0 Å². The number of nitrogens with zero attached hydrogens (tertiary/aromatic N) is 1. The first-order chi connectivity index (χ1) is 8.33. The van der Waals surface area contributed by atoms with Gasteiger partial charge in [0.05, 0.1) is 0 Å². The van der Waals surface area contributed by atoms with Gasteiger partial charge in [-0.2, -0.15) is 0 Å². The van der Waals surface area contributed by atoms with E-state index in [-0.39, 0.29) is 6.04 Å². The summed E-state index contributed by atoms with van der Waals surface area (Å²) >= 11 is 0. The summed E-state index contributed by atoms with van der Waals surface area (Å²) in [6.45, 7) is 6.78. The van der Waals surface area contributed by atoms with Crippen molar-refractivity contribution in [2.75, 3.05) is 19.0 Å². The molecule has 3 heteroatoms. The SMILES string of the molecule is CN(C)c1cccc(C(CCC(C)(C)C)NN)c1. The molecule has 0 saturated heterocycles. The number of nitrogens with one attached hydrogen (secondary N) is 1. The minimum absolute atomic E-state index is 0.226. The molecule has 0 radical (unpaired) electrons. The highest BCUT2D eigenvalue weighted by molar-refractivity contribution is 5.47. The number of nitrogens with two attached hydrogens (primary N) is 1. The lowest BCUT2D eigenvalue weighted by molar-refractivity contribution is 0.333. The Bertz CT molecular complexity index is 366. The van der Waals surface area contributed by atoms with Crippen molar-refractivity contribution < 1.29 is 0 Å². The van der Waals surface area contributed by atoms with Crippen LogP contribution < -0.4 is 16.2 Å². The maximum Gasteiger partial charge on any atom is 0.0460 e. The summed E-state index contributed by atoms with van der Waals surface area (Å²) < 4.78 is 0. The van der Waals surface area contributed by atoms with Crippen LogP contribution in [0.3, 0.4) is 0 Å². The zero-order valence-corrected chi connectivity index (χ0v) is 12.3. The van der Waals surface area contributed by atoms with E-state index in [9.17, 15) is 0 Å². The Morgan fingerprint density at radius 1 is 1.28 bits per heavy atom. The zero-order chi connectivity index (χ0) is 13.8. The topological polar surface area (TPSA) is 41.3 Å². The molecule has 1 aromatic carbocycles. The van der Waals surface area contributed by atoms with Crippen molar-refractivity contribution >= 4 is 5.69 Å². The molecule has 0 saturated carbocycles. The van der Waals surface area contributed by atoms with Crippen LogP contribution in [0.15, 0.2) is 24.3 Å². The second kappa shape index (κ2) is 6.21. The summed E-state index contributed by atoms with van der Waals surface area (Å²) in [6, 6.07) is 8.77. The third kappa shape index (κ3) is 4.67. The second-order valence-electron chi connectivity index (χ2n) is 6.31. The van der Waals surface area contributed by atoms with Crippen LogP contribution >= 0.6 is 0 Å². The van der Waals surface area contributed by atoms with Crippen molar-refractivity contribution in [3.63, 3.8) is 0 Å². The number of hydrogen-bond donors (Lipinski definition) is 2. The van der Waals surface area contributed by atoms with Crippen molar-refractivity contribution in [2.45, 2.75) is 39.7 Å². The molecule has 1 atom stereocenters. The first kappa shape index (κ1) is 15.0. The molecule has 0 heterocycles. The van der Waals surface area contributed by atoms with Gasteiger partial charge >= 0.3 is 0 Å². The molecule has 1 unspecified atom stereocenters. The van der Waals surface area contributed by atoms with Gasteiger partial charge < -0.3 is 4.90 Å². The highest BCUT2D eigenvalue weighted by atomic mass is 15.2. The van der Waals surface area contributed by atoms with Gasteiger partial charge in [0, 0.05) is 25.8 Å². The van der Waals surface area contributed by atoms with Crippen LogP contribution in [0.5, 0.6) is 0 Å². The molecule has 102 valence electrons. The molecule has 1 rings (SSSR count). The predicted octanol–water partition coefficient (Wildman–Crippen LogP) is 3.08. The Morgan fingerprint density at radius 3 is 2.44 bits per heavy atom. The van der Waals surface area contributed by atoms with E-state index in [1.54, 1.807) is 0 Å². The number of hydrazine groups is 1. The first-order valence-corrected chi connectivity index (χ1v) is 6.57. The van der Waals surface area contributed by atoms with E-state index in [4.69, 9.17) is 5.84 Å². The van der Waals surface area contributed by atoms with E-state index in [0.717, 1.165) is 12.8 Å². The Balaban J connectivity index is 2.78. The summed E-state index contributed by atoms with van der Waals surface area (Å²) in [5.74, 6) is 5.70. The standard InChI is InChI=1S/C15H27N3/c1-15(2,3)10-9-14(17-16)12-7-6-8-13(11-12)18(4)5/h6-8,11,14,17H,9-10,16H2,1-5H3. The van der Waals surface area contributed by atoms with Crippen LogP contribution in [-0.4, -0.2) is 14.1 Å². The quantitative estimate of drug-likeness (QED) is 0.622. The molecule has 0 aliphatic carbocycles. The fourth-order valence-corrected chi connectivity index (χ4v) is 1.94. The minimum Gasteiger partial charge on any atom is -0.378 e. The Labute approximate surface area is 111 Å². The van der Waals surface area contributed by atoms with Gasteiger partial charge in [0.15, 0.2) is 0 Å². The summed E-state index contributed by atoms with van der Waals surface area (Å²) in [7, 11) is 4.11. The van der Waals surface area contributed by atoms with Crippen molar-refractivity contribution in [1.82, 2.24) is 5.43 Å². The van der Waals surface area contributed by atoms with E-state index in [1.807, 2.05) is 0 Å². The lowest BCUT2D eigenvalue weighted by Crippen LogP contribution is -2.29. The Kier molecular flexibility index (Phi) is 5.17. The second-order valence-corrected chi connectivity index (χ2v) is 6.31. The van der Waals surface area contributed by atoms with E-state index in [0.29, 0.717) is 5.41 Å². The average molecular weight is 249 g/mol. The van der Waals surface area contributed by atoms with Crippen LogP contribution in [0.4, 0.5) is 5.69 Å². The minimum atomic E-state index is 0.226. The van der Waals surface area contributed by atoms with E-state index in [1.165, 1.54) is 11.3 Å². The van der Waals surface area contributed by atoms with Gasteiger partial charge in [0.2, 0.25) is 0 Å². The number of anilines is 1. The molecule has 1 aromatic rings. The molecule has 3 nitrogen and oxygen atoms in total. The predicted molar refractivity (Wildman–Crippen MR) is 79.5 cm³/mol. The van der Waals surface area contributed by atoms with Crippen LogP contribution in [-0.2, 0) is 0 Å². The molecule has 0 bridgehead atoms. The highest BCUT2D eigenvalue weighted by Crippen LogP contribution is 2.28. The third-order valence-electron chi connectivity index (χ3n) is 3.17. The zero-order valence-electron chi connectivity index (χ0n) is 12.3. The molecule has 0 aliphatic heterocycles. The normalized spacial score (nSPS) is 13.4. The lowest BCUT2D eigenvalue weighted by atomic mass is 9.87. The molecule has 0 amide bonds. The molecule has 0 aliphatic rings. The summed E-state index contributed by atoms with van der Waals surface area (Å²) in [5.41, 5.74) is 5.75. The number of benzene rings is 1. The number of hydrogen-bond acceptors (Lipinski definition) is 3. The van der Waals surface area contributed by atoms with Crippen molar-refractivity contribution in [1.29, 1.82) is 0 Å². The van der Waals surface area contributed by atoms with Gasteiger partial charge in [0.1, 0.15) is 0 Å². The molecule has 0 spiro atoms. The highest BCUT2D eigenvalue weighted by Gasteiger charge is 2.16. The molecular weight excluding hydrogens is 222 g/mol. The van der Waals surface area contributed by atoms with Crippen molar-refractivity contribution in [2.24, 2.45) is 11.3 Å². The van der Waals surface area contributed by atoms with Crippen LogP contribution in [0.2, 0.25) is 0 Å². The summed E-state index contributed by atoms with van der Waals surface area (Å²) in [6.07, 6.45) is 2.20. The number of rotatable bonds is 5. The molecule has 0 fully saturated rings. The Hall–Kier alpha value is -1.06. The maximum absolute atomic E-state index is 5.70. The maximum atomic E-state index is 5.70. The smallest absolute Gasteiger partial charge is 0.0460 e. The summed E-state index contributed by atoms with van der Waals surface area (Å²) in [5, 5.41) is 0. The van der Waals surface area contributed by atoms with Gasteiger partial charge in [-0.25, -0.2) is 0 Å². The van der Waals surface area contributed by atoms with Gasteiger partial charge in [-0.05, 0) is 36.0 Å². The Morgan fingerprint density at radius 2 is 1.94 bits per heavy atom. The van der Waals surface area contributed by atoms with Gasteiger partial charge in [-0.1, -0.05) is 32.9 Å². The van der Waals surface area contributed by atoms with E-state index >= 15 is 0 Å². The fourth-order valence-electron chi connectivity index (χ4n) is 1.94. The van der Waals surface area contributed by atoms with Gasteiger partial charge in [0.25, 0.3) is 0 Å². The third-order valence-corrected chi connectivity index (χ3v) is 3.17. The molecular formula is C15H27N3. The van der Waals surface area contributed by atoms with E-state index in [2.05, 4.69) is 69.5 Å². The van der Waals surface area contributed by atoms with Crippen molar-refractivity contribution in [3.05, 3.63) is 29.8 Å². The fraction of sp³-hybridized carbons (Fsp3) is 0.600. The van der Waals surface area contributed by atoms with E-state index < -0.39 is 0 Å². The van der Waals surface area contributed by atoms with Crippen LogP contribution in [0, 0.1) is 5.41 Å². The molecule has 3 N–H and O–H groups in total. The van der Waals surface area contributed by atoms with Crippen LogP contribution in [0.1, 0.15) is 45.2 Å².